The molecule has 1 aliphatic rings. The van der Waals surface area contributed by atoms with E-state index in [0.717, 1.165) is 27.8 Å². The standard InChI is InChI=1S/C31H30N2O4S/c1-5-19-7-16-24-25(17-19)38-31(32-24)33-27(21-10-8-20(9-11-21)18(3)4)26(29(35)30(33)36)28(34)22-12-14-23(15-13-22)37-6-2/h7-18,27,34H,5-6H2,1-4H3/t27-/m1/s1. The number of ketones is 1. The Morgan fingerprint density at radius 2 is 1.74 bits per heavy atom. The fourth-order valence-electron chi connectivity index (χ4n) is 4.72. The summed E-state index contributed by atoms with van der Waals surface area (Å²) in [6, 6.07) is 19.9. The smallest absolute Gasteiger partial charge is 0.301 e. The van der Waals surface area contributed by atoms with Crippen molar-refractivity contribution in [2.75, 3.05) is 11.5 Å². The lowest BCUT2D eigenvalue weighted by atomic mass is 9.93. The number of anilines is 1. The molecule has 0 aliphatic carbocycles. The van der Waals surface area contributed by atoms with Gasteiger partial charge < -0.3 is 9.84 Å². The van der Waals surface area contributed by atoms with Crippen LogP contribution in [-0.2, 0) is 16.0 Å². The van der Waals surface area contributed by atoms with Crippen molar-refractivity contribution >= 4 is 44.1 Å². The first-order chi connectivity index (χ1) is 18.3. The van der Waals surface area contributed by atoms with Crippen LogP contribution in [0.1, 0.15) is 61.9 Å². The lowest BCUT2D eigenvalue weighted by Crippen LogP contribution is -2.29. The minimum atomic E-state index is -0.811. The van der Waals surface area contributed by atoms with Crippen LogP contribution in [0.15, 0.2) is 72.3 Å². The van der Waals surface area contributed by atoms with E-state index in [-0.39, 0.29) is 11.3 Å². The quantitative estimate of drug-likeness (QED) is 0.159. The van der Waals surface area contributed by atoms with Gasteiger partial charge in [0, 0.05) is 5.56 Å². The zero-order valence-corrected chi connectivity index (χ0v) is 22.7. The third kappa shape index (κ3) is 4.58. The molecule has 38 heavy (non-hydrogen) atoms. The number of carbonyl (C=O) groups excluding carboxylic acids is 2. The number of hydrogen-bond acceptors (Lipinski definition) is 6. The number of aromatic nitrogens is 1. The van der Waals surface area contributed by atoms with Gasteiger partial charge in [0.2, 0.25) is 0 Å². The highest BCUT2D eigenvalue weighted by Gasteiger charge is 2.48. The molecule has 6 nitrogen and oxygen atoms in total. The number of aliphatic hydroxyl groups excluding tert-OH is 1. The molecule has 1 aromatic heterocycles. The number of aryl methyl sites for hydroxylation is 1. The van der Waals surface area contributed by atoms with Crippen molar-refractivity contribution in [3.8, 4) is 5.75 Å². The predicted octanol–water partition coefficient (Wildman–Crippen LogP) is 7.01. The molecule has 0 spiro atoms. The lowest BCUT2D eigenvalue weighted by Gasteiger charge is -2.23. The molecule has 194 valence electrons. The van der Waals surface area contributed by atoms with Gasteiger partial charge in [-0.1, -0.05) is 62.4 Å². The summed E-state index contributed by atoms with van der Waals surface area (Å²) in [5.74, 6) is -0.670. The van der Waals surface area contributed by atoms with Crippen molar-refractivity contribution in [3.05, 3.63) is 94.6 Å². The molecule has 0 radical (unpaired) electrons. The van der Waals surface area contributed by atoms with E-state index in [4.69, 9.17) is 9.72 Å². The minimum absolute atomic E-state index is 0.0463. The van der Waals surface area contributed by atoms with Crippen LogP contribution in [0.25, 0.3) is 16.0 Å². The van der Waals surface area contributed by atoms with Gasteiger partial charge in [0.25, 0.3) is 5.78 Å². The van der Waals surface area contributed by atoms with Crippen LogP contribution >= 0.6 is 11.3 Å². The van der Waals surface area contributed by atoms with Crippen molar-refractivity contribution in [1.29, 1.82) is 0 Å². The predicted molar refractivity (Wildman–Crippen MR) is 152 cm³/mol. The average Bonchev–Trinajstić information content (AvgIpc) is 3.46. The molecule has 1 atom stereocenters. The second-order valence-electron chi connectivity index (χ2n) is 9.60. The summed E-state index contributed by atoms with van der Waals surface area (Å²) in [6.45, 7) is 8.72. The van der Waals surface area contributed by atoms with Crippen molar-refractivity contribution in [3.63, 3.8) is 0 Å². The molecule has 7 heteroatoms. The summed E-state index contributed by atoms with van der Waals surface area (Å²) in [7, 11) is 0. The molecule has 4 aromatic rings. The third-order valence-corrected chi connectivity index (χ3v) is 7.88. The zero-order chi connectivity index (χ0) is 27.0. The molecule has 1 saturated heterocycles. The van der Waals surface area contributed by atoms with Gasteiger partial charge in [-0.05, 0) is 72.4 Å². The molecule has 2 heterocycles. The second kappa shape index (κ2) is 10.4. The van der Waals surface area contributed by atoms with Crippen LogP contribution in [-0.4, -0.2) is 28.4 Å². The van der Waals surface area contributed by atoms with Gasteiger partial charge in [-0.3, -0.25) is 14.5 Å². The molecular formula is C31H30N2O4S. The summed E-state index contributed by atoms with van der Waals surface area (Å²) in [5.41, 5.74) is 4.30. The van der Waals surface area contributed by atoms with E-state index in [1.54, 1.807) is 24.3 Å². The summed E-state index contributed by atoms with van der Waals surface area (Å²) >= 11 is 1.37. The van der Waals surface area contributed by atoms with E-state index in [2.05, 4.69) is 26.8 Å². The van der Waals surface area contributed by atoms with Crippen LogP contribution in [0.3, 0.4) is 0 Å². The topological polar surface area (TPSA) is 79.7 Å². The van der Waals surface area contributed by atoms with Gasteiger partial charge in [0.05, 0.1) is 28.4 Å². The Bertz CT molecular complexity index is 1530. The number of carbonyl (C=O) groups is 2. The molecule has 5 rings (SSSR count). The minimum Gasteiger partial charge on any atom is -0.507 e. The first-order valence-electron chi connectivity index (χ1n) is 12.9. The molecule has 0 bridgehead atoms. The maximum atomic E-state index is 13.5. The maximum absolute atomic E-state index is 13.5. The average molecular weight is 527 g/mol. The summed E-state index contributed by atoms with van der Waals surface area (Å²) < 4.78 is 6.46. The summed E-state index contributed by atoms with van der Waals surface area (Å²) in [4.78, 5) is 33.2. The van der Waals surface area contributed by atoms with Crippen molar-refractivity contribution in [1.82, 2.24) is 4.98 Å². The van der Waals surface area contributed by atoms with Crippen LogP contribution in [0.2, 0.25) is 0 Å². The van der Waals surface area contributed by atoms with Crippen molar-refractivity contribution < 1.29 is 19.4 Å². The molecule has 3 aromatic carbocycles. The van der Waals surface area contributed by atoms with Gasteiger partial charge in [-0.2, -0.15) is 0 Å². The number of ether oxygens (including phenoxy) is 1. The van der Waals surface area contributed by atoms with Crippen LogP contribution < -0.4 is 9.64 Å². The Morgan fingerprint density at radius 1 is 1.03 bits per heavy atom. The van der Waals surface area contributed by atoms with Gasteiger partial charge in [-0.15, -0.1) is 0 Å². The molecular weight excluding hydrogens is 496 g/mol. The zero-order valence-electron chi connectivity index (χ0n) is 21.9. The molecule has 0 unspecified atom stereocenters. The Morgan fingerprint density at radius 3 is 2.37 bits per heavy atom. The fraction of sp³-hybridized carbons (Fsp3) is 0.258. The highest BCUT2D eigenvalue weighted by Crippen LogP contribution is 2.44. The first-order valence-corrected chi connectivity index (χ1v) is 13.7. The first kappa shape index (κ1) is 25.7. The number of aliphatic hydroxyl groups is 1. The Labute approximate surface area is 226 Å². The van der Waals surface area contributed by atoms with Gasteiger partial charge in [0.1, 0.15) is 11.5 Å². The van der Waals surface area contributed by atoms with Gasteiger partial charge >= 0.3 is 5.91 Å². The van der Waals surface area contributed by atoms with E-state index in [0.29, 0.717) is 29.0 Å². The highest BCUT2D eigenvalue weighted by atomic mass is 32.1. The number of nitrogens with zero attached hydrogens (tertiary/aromatic N) is 2. The normalized spacial score (nSPS) is 17.1. The number of Topliss-reactive ketones (excluding diaryl/α,β-unsaturated/α-hetero) is 1. The SMILES string of the molecule is CCOc1ccc(C(O)=C2C(=O)C(=O)N(c3nc4ccc(CC)cc4s3)[C@@H]2c2ccc(C(C)C)cc2)cc1. The van der Waals surface area contributed by atoms with E-state index < -0.39 is 17.7 Å². The number of benzene rings is 3. The van der Waals surface area contributed by atoms with E-state index in [9.17, 15) is 14.7 Å². The number of amides is 1. The van der Waals surface area contributed by atoms with Gasteiger partial charge in [0.15, 0.2) is 5.13 Å². The fourth-order valence-corrected chi connectivity index (χ4v) is 5.78. The van der Waals surface area contributed by atoms with Crippen LogP contribution in [0.5, 0.6) is 5.75 Å². The largest absolute Gasteiger partial charge is 0.507 e. The molecule has 1 aliphatic heterocycles. The monoisotopic (exact) mass is 526 g/mol. The Balaban J connectivity index is 1.67. The van der Waals surface area contributed by atoms with E-state index >= 15 is 0 Å². The Hall–Kier alpha value is -3.97. The second-order valence-corrected chi connectivity index (χ2v) is 10.6. The summed E-state index contributed by atoms with van der Waals surface area (Å²) in [5, 5.41) is 11.8. The maximum Gasteiger partial charge on any atom is 0.301 e. The highest BCUT2D eigenvalue weighted by molar-refractivity contribution is 7.22. The van der Waals surface area contributed by atoms with Crippen LogP contribution in [0, 0.1) is 0 Å². The Kier molecular flexibility index (Phi) is 7.04. The molecule has 1 amide bonds. The van der Waals surface area contributed by atoms with Crippen LogP contribution in [0.4, 0.5) is 5.13 Å². The third-order valence-electron chi connectivity index (χ3n) is 6.86. The van der Waals surface area contributed by atoms with E-state index in [1.165, 1.54) is 21.8 Å². The molecule has 1 fully saturated rings. The van der Waals surface area contributed by atoms with Gasteiger partial charge in [-0.25, -0.2) is 4.98 Å². The number of thiazole rings is 1. The number of fused-ring (bicyclic) bond motifs is 1. The van der Waals surface area contributed by atoms with Crippen molar-refractivity contribution in [2.45, 2.75) is 46.1 Å². The van der Waals surface area contributed by atoms with E-state index in [1.807, 2.05) is 43.3 Å². The van der Waals surface area contributed by atoms with Crippen molar-refractivity contribution in [2.24, 2.45) is 0 Å². The molecule has 0 saturated carbocycles. The number of rotatable bonds is 7. The lowest BCUT2D eigenvalue weighted by molar-refractivity contribution is -0.132. The molecule has 1 N–H and O–H groups in total. The number of hydrogen-bond donors (Lipinski definition) is 1. The summed E-state index contributed by atoms with van der Waals surface area (Å²) in [6.07, 6.45) is 0.887.